The summed E-state index contributed by atoms with van der Waals surface area (Å²) in [6, 6.07) is 0. The molecule has 5 nitrogen and oxygen atoms in total. The molecule has 0 saturated heterocycles. The van der Waals surface area contributed by atoms with Gasteiger partial charge in [-0.05, 0) is 18.5 Å². The summed E-state index contributed by atoms with van der Waals surface area (Å²) in [4.78, 5) is 20.4. The lowest BCUT2D eigenvalue weighted by atomic mass is 10.3. The Morgan fingerprint density at radius 1 is 1.38 bits per heavy atom. The Morgan fingerprint density at radius 2 is 2.14 bits per heavy atom. The van der Waals surface area contributed by atoms with E-state index >= 15 is 0 Å². The molecule has 0 N–H and O–H groups in total. The molecule has 110 valence electrons. The van der Waals surface area contributed by atoms with E-state index in [0.29, 0.717) is 15.9 Å². The molecule has 21 heavy (non-hydrogen) atoms. The molecule has 0 saturated carbocycles. The van der Waals surface area contributed by atoms with E-state index in [1.807, 2.05) is 0 Å². The van der Waals surface area contributed by atoms with Crippen LogP contribution in [0, 0.1) is 6.92 Å². The van der Waals surface area contributed by atoms with Crippen molar-refractivity contribution >= 4 is 33.1 Å². The van der Waals surface area contributed by atoms with Crippen LogP contribution in [0.4, 0.5) is 13.2 Å². The van der Waals surface area contributed by atoms with Gasteiger partial charge in [0.2, 0.25) is 0 Å². The maximum Gasteiger partial charge on any atom is 0.434 e. The first kappa shape index (κ1) is 14.1. The standard InChI is InChI=1S/C11H7F3N4OS2/c1-5-8-9(21-17-5)15-4-18(10(8)19)2-7-16-6(3-20-7)11(12,13)14/h3-4H,2H2,1H3. The zero-order chi connectivity index (χ0) is 15.2. The van der Waals surface area contributed by atoms with E-state index in [9.17, 15) is 18.0 Å². The highest BCUT2D eigenvalue weighted by Crippen LogP contribution is 2.30. The second-order valence-corrected chi connectivity index (χ2v) is 5.94. The number of rotatable bonds is 2. The number of alkyl halides is 3. The van der Waals surface area contributed by atoms with Gasteiger partial charge in [-0.3, -0.25) is 9.36 Å². The van der Waals surface area contributed by atoms with E-state index in [2.05, 4.69) is 14.3 Å². The summed E-state index contributed by atoms with van der Waals surface area (Å²) in [5.41, 5.74) is -0.704. The third-order valence-electron chi connectivity index (χ3n) is 2.78. The van der Waals surface area contributed by atoms with Crippen molar-refractivity contribution in [3.05, 3.63) is 38.5 Å². The van der Waals surface area contributed by atoms with Crippen molar-refractivity contribution in [3.63, 3.8) is 0 Å². The predicted molar refractivity (Wildman–Crippen MR) is 72.6 cm³/mol. The Kier molecular flexibility index (Phi) is 3.29. The van der Waals surface area contributed by atoms with Gasteiger partial charge in [-0.2, -0.15) is 17.5 Å². The van der Waals surface area contributed by atoms with Crippen molar-refractivity contribution in [2.45, 2.75) is 19.6 Å². The lowest BCUT2D eigenvalue weighted by Crippen LogP contribution is -2.21. The van der Waals surface area contributed by atoms with Crippen LogP contribution >= 0.6 is 22.9 Å². The molecule has 0 aliphatic carbocycles. The Hall–Kier alpha value is -1.81. The van der Waals surface area contributed by atoms with Crippen molar-refractivity contribution in [2.24, 2.45) is 0 Å². The van der Waals surface area contributed by atoms with Gasteiger partial charge in [0.05, 0.1) is 24.0 Å². The summed E-state index contributed by atoms with van der Waals surface area (Å²) in [7, 11) is 0. The third kappa shape index (κ3) is 2.56. The van der Waals surface area contributed by atoms with Crippen LogP contribution in [-0.4, -0.2) is 18.9 Å². The van der Waals surface area contributed by atoms with Gasteiger partial charge in [-0.1, -0.05) is 0 Å². The summed E-state index contributed by atoms with van der Waals surface area (Å²) < 4.78 is 42.8. The number of aryl methyl sites for hydroxylation is 1. The Balaban J connectivity index is 1.99. The molecule has 0 amide bonds. The number of fused-ring (bicyclic) bond motifs is 1. The highest BCUT2D eigenvalue weighted by Gasteiger charge is 2.33. The summed E-state index contributed by atoms with van der Waals surface area (Å²) in [5.74, 6) is 0. The number of hydrogen-bond acceptors (Lipinski definition) is 6. The van der Waals surface area contributed by atoms with Crippen molar-refractivity contribution in [1.82, 2.24) is 18.9 Å². The minimum atomic E-state index is -4.48. The topological polar surface area (TPSA) is 60.7 Å². The van der Waals surface area contributed by atoms with Gasteiger partial charge in [-0.25, -0.2) is 9.97 Å². The van der Waals surface area contributed by atoms with Gasteiger partial charge in [-0.15, -0.1) is 11.3 Å². The number of halogens is 3. The van der Waals surface area contributed by atoms with Gasteiger partial charge in [0, 0.05) is 5.38 Å². The molecule has 10 heteroatoms. The Labute approximate surface area is 123 Å². The maximum absolute atomic E-state index is 12.5. The van der Waals surface area contributed by atoms with E-state index < -0.39 is 11.9 Å². The van der Waals surface area contributed by atoms with Gasteiger partial charge in [0.15, 0.2) is 10.5 Å². The van der Waals surface area contributed by atoms with Crippen molar-refractivity contribution in [3.8, 4) is 0 Å². The molecule has 3 heterocycles. The van der Waals surface area contributed by atoms with Crippen molar-refractivity contribution in [2.75, 3.05) is 0 Å². The van der Waals surface area contributed by atoms with E-state index in [1.165, 1.54) is 10.9 Å². The fourth-order valence-corrected chi connectivity index (χ4v) is 3.32. The highest BCUT2D eigenvalue weighted by molar-refractivity contribution is 7.12. The molecule has 0 atom stereocenters. The van der Waals surface area contributed by atoms with E-state index in [0.717, 1.165) is 28.2 Å². The molecule has 0 bridgehead atoms. The summed E-state index contributed by atoms with van der Waals surface area (Å²) in [6.07, 6.45) is -3.17. The van der Waals surface area contributed by atoms with Crippen LogP contribution in [0.15, 0.2) is 16.5 Å². The molecule has 0 aromatic carbocycles. The third-order valence-corrected chi connectivity index (χ3v) is 4.46. The zero-order valence-electron chi connectivity index (χ0n) is 10.5. The van der Waals surface area contributed by atoms with Gasteiger partial charge in [0.1, 0.15) is 5.01 Å². The quantitative estimate of drug-likeness (QED) is 0.724. The summed E-state index contributed by atoms with van der Waals surface area (Å²) in [6.45, 7) is 1.65. The first-order valence-electron chi connectivity index (χ1n) is 5.69. The molecule has 0 spiro atoms. The molecule has 3 aromatic rings. The number of thiazole rings is 1. The molecule has 0 radical (unpaired) electrons. The highest BCUT2D eigenvalue weighted by atomic mass is 32.1. The number of hydrogen-bond donors (Lipinski definition) is 0. The zero-order valence-corrected chi connectivity index (χ0v) is 12.1. The van der Waals surface area contributed by atoms with Gasteiger partial charge < -0.3 is 0 Å². The van der Waals surface area contributed by atoms with Crippen LogP contribution in [-0.2, 0) is 12.7 Å². The van der Waals surface area contributed by atoms with E-state index in [-0.39, 0.29) is 17.1 Å². The average molecular weight is 332 g/mol. The number of aromatic nitrogens is 4. The first-order valence-corrected chi connectivity index (χ1v) is 7.34. The van der Waals surface area contributed by atoms with Crippen LogP contribution in [0.3, 0.4) is 0 Å². The molecule has 3 aromatic heterocycles. The van der Waals surface area contributed by atoms with Gasteiger partial charge >= 0.3 is 6.18 Å². The molecular weight excluding hydrogens is 325 g/mol. The second kappa shape index (κ2) is 4.88. The number of nitrogens with zero attached hydrogens (tertiary/aromatic N) is 4. The van der Waals surface area contributed by atoms with E-state index in [1.54, 1.807) is 6.92 Å². The summed E-state index contributed by atoms with van der Waals surface area (Å²) in [5, 5.41) is 1.53. The lowest BCUT2D eigenvalue weighted by molar-refractivity contribution is -0.140. The van der Waals surface area contributed by atoms with Crippen LogP contribution in [0.25, 0.3) is 10.2 Å². The monoisotopic (exact) mass is 332 g/mol. The molecular formula is C11H7F3N4OS2. The van der Waals surface area contributed by atoms with Crippen LogP contribution < -0.4 is 5.56 Å². The largest absolute Gasteiger partial charge is 0.434 e. The minimum Gasteiger partial charge on any atom is -0.292 e. The first-order chi connectivity index (χ1) is 9.86. The van der Waals surface area contributed by atoms with Crippen LogP contribution in [0.5, 0.6) is 0 Å². The molecule has 0 unspecified atom stereocenters. The maximum atomic E-state index is 12.5. The second-order valence-electron chi connectivity index (χ2n) is 4.25. The van der Waals surface area contributed by atoms with Gasteiger partial charge in [0.25, 0.3) is 5.56 Å². The van der Waals surface area contributed by atoms with E-state index in [4.69, 9.17) is 0 Å². The SMILES string of the molecule is Cc1nsc2ncn(Cc3nc(C(F)(F)F)cs3)c(=O)c12. The smallest absolute Gasteiger partial charge is 0.292 e. The molecule has 3 rings (SSSR count). The average Bonchev–Trinajstić information content (AvgIpc) is 3.00. The van der Waals surface area contributed by atoms with Crippen molar-refractivity contribution in [1.29, 1.82) is 0 Å². The lowest BCUT2D eigenvalue weighted by Gasteiger charge is -2.03. The predicted octanol–water partition coefficient (Wildman–Crippen LogP) is 2.69. The Morgan fingerprint density at radius 3 is 2.81 bits per heavy atom. The molecule has 0 fully saturated rings. The normalized spacial score (nSPS) is 12.2. The van der Waals surface area contributed by atoms with Crippen molar-refractivity contribution < 1.29 is 13.2 Å². The fraction of sp³-hybridized carbons (Fsp3) is 0.273. The minimum absolute atomic E-state index is 0.0438. The Bertz CT molecular complexity index is 864. The molecule has 0 aliphatic rings. The van der Waals surface area contributed by atoms with Crippen LogP contribution in [0.1, 0.15) is 16.4 Å². The summed E-state index contributed by atoms with van der Waals surface area (Å²) >= 11 is 1.97. The molecule has 0 aliphatic heterocycles. The fourth-order valence-electron chi connectivity index (χ4n) is 1.78. The van der Waals surface area contributed by atoms with Crippen LogP contribution in [0.2, 0.25) is 0 Å².